The first kappa shape index (κ1) is 37.2. The van der Waals surface area contributed by atoms with Crippen LogP contribution in [0.4, 0.5) is 0 Å². The number of hydrogen-bond donors (Lipinski definition) is 0. The van der Waals surface area contributed by atoms with Gasteiger partial charge in [0.25, 0.3) is 0 Å². The molecular formula is C66H66N4OPt. The Hall–Kier alpha value is -6.55. The summed E-state index contributed by atoms with van der Waals surface area (Å²) >= 11 is 2.25. The van der Waals surface area contributed by atoms with Crippen LogP contribution in [0.3, 0.4) is 0 Å². The van der Waals surface area contributed by atoms with E-state index < -0.39 is 60.4 Å². The average Bonchev–Trinajstić information content (AvgIpc) is 2.28. The second-order valence-electron chi connectivity index (χ2n) is 23.1. The van der Waals surface area contributed by atoms with Gasteiger partial charge < -0.3 is 0 Å². The van der Waals surface area contributed by atoms with Crippen molar-refractivity contribution in [3.63, 3.8) is 0 Å². The number of pyridine rings is 1. The maximum absolute atomic E-state index is 9.28. The van der Waals surface area contributed by atoms with Gasteiger partial charge in [0.15, 0.2) is 0 Å². The van der Waals surface area contributed by atoms with Crippen LogP contribution in [-0.4, -0.2) is 18.7 Å². The fraction of sp³-hybridized carbons (Fsp3) is 0.273. The van der Waals surface area contributed by atoms with Crippen molar-refractivity contribution in [1.82, 2.24) is 18.7 Å². The third-order valence-electron chi connectivity index (χ3n) is 16.2. The molecule has 0 N–H and O–H groups in total. The molecule has 5 nitrogen and oxygen atoms in total. The molecule has 3 aromatic heterocycles. The molecule has 0 saturated carbocycles. The molecule has 366 valence electrons. The van der Waals surface area contributed by atoms with Gasteiger partial charge in [0.05, 0.1) is 0 Å². The number of aromatic nitrogens is 4. The fourth-order valence-electron chi connectivity index (χ4n) is 11.0. The Bertz CT molecular complexity index is 4330. The molecular weight excluding hydrogens is 1060 g/mol. The van der Waals surface area contributed by atoms with Gasteiger partial charge in [0, 0.05) is 6.20 Å². The van der Waals surface area contributed by atoms with Crippen molar-refractivity contribution < 1.29 is 37.8 Å². The van der Waals surface area contributed by atoms with E-state index in [0.717, 1.165) is 50.1 Å². The SMILES string of the molecule is [2H]c1c([2H])c([2H])c(-c2cccc(-c3c([2H])c([2H])c([2H])c([2H])c3[2H])c2-n2[c](=[Pt])n(-c3cc(Oc4ccc5c6c7c(ccc6n(-c6cc(C)ccn6)c5c4)C(C)(C)C(C)(C)C7(C)C)cc(C(C)(C)C)c3)c3cc(C(C)(C)C)ccc32)c([2H])c1[2H]. The number of benzene rings is 7. The minimum atomic E-state index is -0.557. The summed E-state index contributed by atoms with van der Waals surface area (Å²) in [7, 11) is 0. The minimum absolute atomic E-state index is 0.0672. The molecule has 11 rings (SSSR count). The van der Waals surface area contributed by atoms with E-state index in [-0.39, 0.29) is 55.0 Å². The van der Waals surface area contributed by atoms with Gasteiger partial charge in [0.1, 0.15) is 0 Å². The second-order valence-corrected chi connectivity index (χ2v) is 24.1. The topological polar surface area (TPSA) is 36.9 Å². The van der Waals surface area contributed by atoms with Gasteiger partial charge >= 0.3 is 358 Å². The number of para-hydroxylation sites is 1. The first-order chi connectivity index (χ1) is 38.2. The summed E-state index contributed by atoms with van der Waals surface area (Å²) in [5, 5.41) is 2.32. The van der Waals surface area contributed by atoms with E-state index >= 15 is 0 Å². The molecule has 0 atom stereocenters. The molecule has 10 aromatic rings. The van der Waals surface area contributed by atoms with Crippen molar-refractivity contribution in [2.75, 3.05) is 0 Å². The Morgan fingerprint density at radius 2 is 1.21 bits per heavy atom. The van der Waals surface area contributed by atoms with Crippen LogP contribution in [0.2, 0.25) is 0 Å². The molecule has 1 aliphatic carbocycles. The maximum atomic E-state index is 9.28. The molecule has 0 amide bonds. The number of rotatable bonds is 7. The van der Waals surface area contributed by atoms with Gasteiger partial charge in [-0.1, -0.05) is 47.6 Å². The Morgan fingerprint density at radius 1 is 0.569 bits per heavy atom. The Balaban J connectivity index is 1.19. The molecule has 0 saturated heterocycles. The monoisotopic (exact) mass is 1140 g/mol. The Labute approximate surface area is 450 Å². The zero-order valence-corrected chi connectivity index (χ0v) is 45.6. The van der Waals surface area contributed by atoms with Crippen molar-refractivity contribution in [3.8, 4) is 50.9 Å². The van der Waals surface area contributed by atoms with Gasteiger partial charge in [-0.25, -0.2) is 0 Å². The molecule has 3 heterocycles. The van der Waals surface area contributed by atoms with E-state index in [1.165, 1.54) is 16.5 Å². The van der Waals surface area contributed by atoms with Crippen molar-refractivity contribution in [3.05, 3.63) is 195 Å². The van der Waals surface area contributed by atoms with Crippen LogP contribution in [0.5, 0.6) is 11.5 Å². The van der Waals surface area contributed by atoms with Crippen LogP contribution >= 0.6 is 0 Å². The van der Waals surface area contributed by atoms with Crippen LogP contribution < -0.4 is 4.74 Å². The normalized spacial score (nSPS) is 17.1. The number of fused-ring (bicyclic) bond motifs is 6. The third kappa shape index (κ3) is 7.43. The predicted octanol–water partition coefficient (Wildman–Crippen LogP) is 17.6. The molecule has 0 fully saturated rings. The molecule has 0 spiro atoms. The first-order valence-corrected chi connectivity index (χ1v) is 25.8. The molecule has 6 heteroatoms. The van der Waals surface area contributed by atoms with Crippen molar-refractivity contribution in [2.45, 2.75) is 112 Å². The van der Waals surface area contributed by atoms with Gasteiger partial charge in [0.2, 0.25) is 0 Å². The summed E-state index contributed by atoms with van der Waals surface area (Å²) in [4.78, 5) is 4.96. The zero-order chi connectivity index (χ0) is 59.6. The summed E-state index contributed by atoms with van der Waals surface area (Å²) in [5.41, 5.74) is 9.31. The summed E-state index contributed by atoms with van der Waals surface area (Å²) in [6.45, 7) is 29.2. The number of nitrogens with zero attached hydrogens (tertiary/aromatic N) is 4. The quantitative estimate of drug-likeness (QED) is 0.159. The van der Waals surface area contributed by atoms with E-state index in [4.69, 9.17) is 17.9 Å². The van der Waals surface area contributed by atoms with Crippen LogP contribution in [-0.2, 0) is 41.0 Å². The average molecular weight is 1140 g/mol. The molecule has 0 bridgehead atoms. The Kier molecular flexibility index (Phi) is 8.66. The Morgan fingerprint density at radius 3 is 1.83 bits per heavy atom. The van der Waals surface area contributed by atoms with Gasteiger partial charge in [-0.05, 0) is 40.4 Å². The van der Waals surface area contributed by atoms with Gasteiger partial charge in [-0.3, -0.25) is 0 Å². The fourth-order valence-corrected chi connectivity index (χ4v) is 12.1. The first-order valence-electron chi connectivity index (χ1n) is 29.6. The van der Waals surface area contributed by atoms with E-state index in [2.05, 4.69) is 167 Å². The predicted molar refractivity (Wildman–Crippen MR) is 297 cm³/mol. The third-order valence-corrected chi connectivity index (χ3v) is 17.2. The standard InChI is InChI=1S/C66H66N4O.Pt/c1-42-33-34-67-58(35-42)70-55-32-30-53-60(65(10,11)66(12,13)64(53,8)9)59(55)52-29-28-48(40-56(52)70)71-49-37-46(63(5,6)7)36-47(39-49)68-41-69(54-31-27-45(38-57(54)68)62(2,3)4)61-50(43-21-16-14-17-22-43)25-20-26-51(61)44-23-18-15-19-24-44;/h14-40H,1-13H3;/i14D,15D,16D,17D,18D,19D,21D,22D,23D,24D;. The van der Waals surface area contributed by atoms with Crippen molar-refractivity contribution in [2.24, 2.45) is 5.41 Å². The number of hydrogen-bond acceptors (Lipinski definition) is 2. The summed E-state index contributed by atoms with van der Waals surface area (Å²) in [6.07, 6.45) is 1.86. The number of aryl methyl sites for hydroxylation is 1. The molecule has 0 radical (unpaired) electrons. The van der Waals surface area contributed by atoms with Gasteiger partial charge in [-0.15, -0.1) is 0 Å². The summed E-state index contributed by atoms with van der Waals surface area (Å²) in [6, 6.07) is 27.3. The van der Waals surface area contributed by atoms with E-state index in [9.17, 15) is 5.48 Å². The molecule has 72 heavy (non-hydrogen) atoms. The van der Waals surface area contributed by atoms with E-state index in [1.54, 1.807) is 18.2 Å². The second kappa shape index (κ2) is 16.8. The van der Waals surface area contributed by atoms with Crippen molar-refractivity contribution >= 4 is 32.8 Å². The van der Waals surface area contributed by atoms with Crippen molar-refractivity contribution in [1.29, 1.82) is 0 Å². The van der Waals surface area contributed by atoms with Crippen LogP contribution in [0.25, 0.3) is 72.3 Å². The van der Waals surface area contributed by atoms with Crippen LogP contribution in [0.1, 0.15) is 125 Å². The van der Waals surface area contributed by atoms with Gasteiger partial charge in [-0.2, -0.15) is 0 Å². The zero-order valence-electron chi connectivity index (χ0n) is 53.3. The van der Waals surface area contributed by atoms with E-state index in [1.807, 2.05) is 41.1 Å². The molecule has 0 aliphatic heterocycles. The number of ether oxygens (including phenoxy) is 1. The summed E-state index contributed by atoms with van der Waals surface area (Å²) < 4.78 is 103. The molecule has 1 aliphatic rings. The molecule has 0 unspecified atom stereocenters. The summed E-state index contributed by atoms with van der Waals surface area (Å²) in [5.74, 6) is 1.99. The van der Waals surface area contributed by atoms with Crippen LogP contribution in [0.15, 0.2) is 164 Å². The number of imidazole rings is 1. The van der Waals surface area contributed by atoms with E-state index in [0.29, 0.717) is 20.8 Å². The molecule has 7 aromatic carbocycles. The van der Waals surface area contributed by atoms with Crippen LogP contribution in [0, 0.1) is 16.1 Å².